The fourth-order valence-corrected chi connectivity index (χ4v) is 5.35. The first-order valence-corrected chi connectivity index (χ1v) is 10.8. The van der Waals surface area contributed by atoms with Crippen LogP contribution in [-0.4, -0.2) is 54.9 Å². The maximum atomic E-state index is 12.9. The lowest BCUT2D eigenvalue weighted by molar-refractivity contribution is -0.144. The molecule has 8 heteroatoms. The molecule has 3 rings (SSSR count). The van der Waals surface area contributed by atoms with Crippen molar-refractivity contribution in [2.75, 3.05) is 26.2 Å². The topological polar surface area (TPSA) is 77.9 Å². The van der Waals surface area contributed by atoms with Gasteiger partial charge in [-0.3, -0.25) is 9.69 Å². The Hall–Kier alpha value is -1.74. The number of thiophene rings is 1. The van der Waals surface area contributed by atoms with E-state index >= 15 is 0 Å². The van der Waals surface area contributed by atoms with E-state index < -0.39 is 22.0 Å². The summed E-state index contributed by atoms with van der Waals surface area (Å²) in [7, 11) is -3.56. The van der Waals surface area contributed by atoms with Crippen molar-refractivity contribution < 1.29 is 18.3 Å². The zero-order valence-corrected chi connectivity index (χ0v) is 16.4. The Labute approximate surface area is 157 Å². The van der Waals surface area contributed by atoms with E-state index in [0.717, 1.165) is 16.7 Å². The molecule has 1 atom stereocenters. The van der Waals surface area contributed by atoms with Gasteiger partial charge in [-0.1, -0.05) is 6.07 Å². The molecule has 2 aromatic rings. The van der Waals surface area contributed by atoms with E-state index in [0.29, 0.717) is 18.0 Å². The largest absolute Gasteiger partial charge is 0.480 e. The molecule has 1 aromatic carbocycles. The Bertz CT molecular complexity index is 886. The van der Waals surface area contributed by atoms with Crippen LogP contribution in [0.1, 0.15) is 22.7 Å². The van der Waals surface area contributed by atoms with Crippen molar-refractivity contribution in [2.24, 2.45) is 0 Å². The summed E-state index contributed by atoms with van der Waals surface area (Å²) in [6.45, 7) is 5.17. The molecule has 0 spiro atoms. The van der Waals surface area contributed by atoms with Crippen LogP contribution in [0.2, 0.25) is 0 Å². The predicted molar refractivity (Wildman–Crippen MR) is 101 cm³/mol. The lowest BCUT2D eigenvalue weighted by Gasteiger charge is -2.36. The van der Waals surface area contributed by atoms with Gasteiger partial charge in [-0.25, -0.2) is 8.42 Å². The van der Waals surface area contributed by atoms with Crippen LogP contribution in [0.3, 0.4) is 0 Å². The summed E-state index contributed by atoms with van der Waals surface area (Å²) in [6, 6.07) is 6.22. The van der Waals surface area contributed by atoms with Crippen LogP contribution in [0.5, 0.6) is 0 Å². The average molecular weight is 395 g/mol. The molecule has 1 N–H and O–H groups in total. The summed E-state index contributed by atoms with van der Waals surface area (Å²) < 4.78 is 27.2. The molecule has 140 valence electrons. The van der Waals surface area contributed by atoms with Gasteiger partial charge in [0.1, 0.15) is 6.04 Å². The summed E-state index contributed by atoms with van der Waals surface area (Å²) in [5, 5.41) is 13.3. The van der Waals surface area contributed by atoms with Gasteiger partial charge in [0.05, 0.1) is 4.90 Å². The molecule has 26 heavy (non-hydrogen) atoms. The smallest absolute Gasteiger partial charge is 0.325 e. The van der Waals surface area contributed by atoms with Crippen molar-refractivity contribution in [3.63, 3.8) is 0 Å². The minimum atomic E-state index is -3.56. The van der Waals surface area contributed by atoms with E-state index in [4.69, 9.17) is 0 Å². The van der Waals surface area contributed by atoms with Crippen molar-refractivity contribution in [3.8, 4) is 0 Å². The number of piperazine rings is 1. The van der Waals surface area contributed by atoms with Crippen molar-refractivity contribution in [1.29, 1.82) is 0 Å². The zero-order valence-electron chi connectivity index (χ0n) is 14.8. The highest BCUT2D eigenvalue weighted by Gasteiger charge is 2.34. The van der Waals surface area contributed by atoms with Crippen LogP contribution >= 0.6 is 11.3 Å². The van der Waals surface area contributed by atoms with E-state index in [1.54, 1.807) is 12.1 Å². The monoisotopic (exact) mass is 394 g/mol. The number of aliphatic carboxylic acids is 1. The third-order valence-corrected chi connectivity index (χ3v) is 7.44. The molecule has 1 aromatic heterocycles. The van der Waals surface area contributed by atoms with Crippen molar-refractivity contribution >= 4 is 27.3 Å². The summed E-state index contributed by atoms with van der Waals surface area (Å²) in [5.41, 5.74) is 2.73. The molecule has 0 saturated carbocycles. The molecule has 2 heterocycles. The number of hydrogen-bond donors (Lipinski definition) is 1. The quantitative estimate of drug-likeness (QED) is 0.843. The molecule has 1 aliphatic heterocycles. The Morgan fingerprint density at radius 2 is 1.81 bits per heavy atom. The van der Waals surface area contributed by atoms with Crippen LogP contribution in [0.15, 0.2) is 39.9 Å². The first-order chi connectivity index (χ1) is 12.3. The molecular weight excluding hydrogens is 372 g/mol. The number of nitrogens with zero attached hydrogens (tertiary/aromatic N) is 2. The number of carboxylic acid groups (broad SMARTS) is 1. The average Bonchev–Trinajstić information content (AvgIpc) is 3.11. The van der Waals surface area contributed by atoms with Crippen LogP contribution in [0.25, 0.3) is 0 Å². The number of aryl methyl sites for hydroxylation is 2. The minimum Gasteiger partial charge on any atom is -0.480 e. The highest BCUT2D eigenvalue weighted by molar-refractivity contribution is 7.89. The molecule has 0 bridgehead atoms. The molecule has 1 saturated heterocycles. The van der Waals surface area contributed by atoms with E-state index in [1.807, 2.05) is 41.6 Å². The second-order valence-corrected chi connectivity index (χ2v) is 9.20. The van der Waals surface area contributed by atoms with Gasteiger partial charge < -0.3 is 5.11 Å². The minimum absolute atomic E-state index is 0.281. The first-order valence-electron chi connectivity index (χ1n) is 8.37. The van der Waals surface area contributed by atoms with Crippen LogP contribution in [0.4, 0.5) is 0 Å². The molecular formula is C18H22N2O4S2. The van der Waals surface area contributed by atoms with Gasteiger partial charge in [0.2, 0.25) is 10.0 Å². The highest BCUT2D eigenvalue weighted by Crippen LogP contribution is 2.26. The van der Waals surface area contributed by atoms with Crippen molar-refractivity contribution in [1.82, 2.24) is 9.21 Å². The fourth-order valence-electron chi connectivity index (χ4n) is 3.17. The number of sulfonamides is 1. The Morgan fingerprint density at radius 3 is 2.35 bits per heavy atom. The lowest BCUT2D eigenvalue weighted by atomic mass is 10.1. The molecule has 0 amide bonds. The van der Waals surface area contributed by atoms with Gasteiger partial charge in [-0.15, -0.1) is 0 Å². The third-order valence-electron chi connectivity index (χ3n) is 4.85. The molecule has 6 nitrogen and oxygen atoms in total. The normalized spacial score (nSPS) is 17.9. The lowest BCUT2D eigenvalue weighted by Crippen LogP contribution is -2.50. The Balaban J connectivity index is 1.75. The number of hydrogen-bond acceptors (Lipinski definition) is 5. The van der Waals surface area contributed by atoms with E-state index in [9.17, 15) is 18.3 Å². The van der Waals surface area contributed by atoms with Crippen LogP contribution in [0, 0.1) is 13.8 Å². The predicted octanol–water partition coefficient (Wildman–Crippen LogP) is 2.50. The maximum absolute atomic E-state index is 12.9. The molecule has 0 radical (unpaired) electrons. The molecule has 1 aliphatic rings. The molecule has 0 aliphatic carbocycles. The first kappa shape index (κ1) is 19.0. The molecule has 1 unspecified atom stereocenters. The summed E-state index contributed by atoms with van der Waals surface area (Å²) >= 11 is 1.46. The fraction of sp³-hybridized carbons (Fsp3) is 0.389. The summed E-state index contributed by atoms with van der Waals surface area (Å²) in [5.74, 6) is -0.908. The molecule has 1 fully saturated rings. The van der Waals surface area contributed by atoms with Gasteiger partial charge in [-0.05, 0) is 59.5 Å². The summed E-state index contributed by atoms with van der Waals surface area (Å²) in [4.78, 5) is 13.8. The van der Waals surface area contributed by atoms with Crippen molar-refractivity contribution in [2.45, 2.75) is 24.8 Å². The zero-order chi connectivity index (χ0) is 18.9. The number of rotatable bonds is 5. The Morgan fingerprint density at radius 1 is 1.12 bits per heavy atom. The van der Waals surface area contributed by atoms with Gasteiger partial charge in [0.25, 0.3) is 0 Å². The maximum Gasteiger partial charge on any atom is 0.325 e. The van der Waals surface area contributed by atoms with Gasteiger partial charge in [0, 0.05) is 26.2 Å². The SMILES string of the molecule is Cc1ccc(S(=O)(=O)N2CCN(C(C(=O)O)c3ccsc3)CC2)cc1C. The van der Waals surface area contributed by atoms with Gasteiger partial charge >= 0.3 is 5.97 Å². The van der Waals surface area contributed by atoms with E-state index in [1.165, 1.54) is 15.6 Å². The second-order valence-electron chi connectivity index (χ2n) is 6.48. The van der Waals surface area contributed by atoms with E-state index in [-0.39, 0.29) is 13.1 Å². The third kappa shape index (κ3) is 3.68. The standard InChI is InChI=1S/C18H22N2O4S2/c1-13-3-4-16(11-14(13)2)26(23,24)20-8-6-19(7-9-20)17(18(21)22)15-5-10-25-12-15/h3-5,10-12,17H,6-9H2,1-2H3,(H,21,22). The summed E-state index contributed by atoms with van der Waals surface area (Å²) in [6.07, 6.45) is 0. The Kier molecular flexibility index (Phi) is 5.47. The highest BCUT2D eigenvalue weighted by atomic mass is 32.2. The number of benzene rings is 1. The van der Waals surface area contributed by atoms with E-state index in [2.05, 4.69) is 0 Å². The van der Waals surface area contributed by atoms with Gasteiger partial charge in [0.15, 0.2) is 0 Å². The number of carboxylic acids is 1. The second kappa shape index (κ2) is 7.48. The van der Waals surface area contributed by atoms with Crippen LogP contribution < -0.4 is 0 Å². The van der Waals surface area contributed by atoms with Crippen molar-refractivity contribution in [3.05, 3.63) is 51.7 Å². The number of carbonyl (C=O) groups is 1. The van der Waals surface area contributed by atoms with Crippen LogP contribution in [-0.2, 0) is 14.8 Å². The van der Waals surface area contributed by atoms with Gasteiger partial charge in [-0.2, -0.15) is 15.6 Å².